The SMILES string of the molecule is O=C(O)CCN1CCC[C@H](c2nc(C(F)(F)F)cs2)C1. The molecule has 4 nitrogen and oxygen atoms in total. The molecule has 0 amide bonds. The summed E-state index contributed by atoms with van der Waals surface area (Å²) in [5.74, 6) is -0.889. The summed E-state index contributed by atoms with van der Waals surface area (Å²) < 4.78 is 37.6. The molecule has 1 aromatic heterocycles. The van der Waals surface area contributed by atoms with E-state index in [1.165, 1.54) is 0 Å². The second kappa shape index (κ2) is 6.09. The van der Waals surface area contributed by atoms with Gasteiger partial charge in [-0.3, -0.25) is 4.79 Å². The summed E-state index contributed by atoms with van der Waals surface area (Å²) in [6.07, 6.45) is -2.69. The monoisotopic (exact) mass is 308 g/mol. The molecule has 1 aromatic rings. The standard InChI is InChI=1S/C12H15F3N2O2S/c13-12(14,15)9-7-20-11(16-9)8-2-1-4-17(6-8)5-3-10(18)19/h7-8H,1-6H2,(H,18,19)/t8-/m0/s1. The molecule has 1 atom stereocenters. The molecular formula is C12H15F3N2O2S. The van der Waals surface area contributed by atoms with Crippen LogP contribution < -0.4 is 0 Å². The van der Waals surface area contributed by atoms with Crippen LogP contribution in [-0.2, 0) is 11.0 Å². The van der Waals surface area contributed by atoms with Crippen molar-refractivity contribution in [2.24, 2.45) is 0 Å². The van der Waals surface area contributed by atoms with Crippen molar-refractivity contribution >= 4 is 17.3 Å². The number of hydrogen-bond acceptors (Lipinski definition) is 4. The summed E-state index contributed by atoms with van der Waals surface area (Å²) in [4.78, 5) is 16.2. The van der Waals surface area contributed by atoms with Crippen molar-refractivity contribution in [3.63, 3.8) is 0 Å². The molecule has 0 spiro atoms. The van der Waals surface area contributed by atoms with Gasteiger partial charge >= 0.3 is 12.1 Å². The molecule has 20 heavy (non-hydrogen) atoms. The third-order valence-corrected chi connectivity index (χ3v) is 4.32. The van der Waals surface area contributed by atoms with Crippen molar-refractivity contribution in [2.45, 2.75) is 31.4 Å². The van der Waals surface area contributed by atoms with Gasteiger partial charge in [0.15, 0.2) is 5.69 Å². The lowest BCUT2D eigenvalue weighted by Crippen LogP contribution is -2.35. The quantitative estimate of drug-likeness (QED) is 0.929. The topological polar surface area (TPSA) is 53.4 Å². The number of alkyl halides is 3. The molecule has 1 N–H and O–H groups in total. The number of nitrogens with zero attached hydrogens (tertiary/aromatic N) is 2. The van der Waals surface area contributed by atoms with Gasteiger partial charge in [0.2, 0.25) is 0 Å². The Morgan fingerprint density at radius 2 is 2.30 bits per heavy atom. The minimum absolute atomic E-state index is 0.0290. The predicted molar refractivity (Wildman–Crippen MR) is 67.8 cm³/mol. The summed E-state index contributed by atoms with van der Waals surface area (Å²) in [6.45, 7) is 1.81. The zero-order valence-electron chi connectivity index (χ0n) is 10.7. The predicted octanol–water partition coefficient (Wildman–Crippen LogP) is 2.82. The molecule has 1 aliphatic rings. The normalized spacial score (nSPS) is 21.1. The molecule has 0 bridgehead atoms. The third kappa shape index (κ3) is 3.92. The number of thiazole rings is 1. The van der Waals surface area contributed by atoms with Crippen molar-refractivity contribution < 1.29 is 23.1 Å². The fourth-order valence-corrected chi connectivity index (χ4v) is 3.27. The number of halogens is 3. The number of hydrogen-bond donors (Lipinski definition) is 1. The Bertz CT molecular complexity index is 476. The van der Waals surface area contributed by atoms with Crippen LogP contribution in [0.15, 0.2) is 5.38 Å². The van der Waals surface area contributed by atoms with Crippen LogP contribution >= 0.6 is 11.3 Å². The highest BCUT2D eigenvalue weighted by Gasteiger charge is 2.35. The summed E-state index contributed by atoms with van der Waals surface area (Å²) >= 11 is 1.04. The van der Waals surface area contributed by atoms with E-state index in [2.05, 4.69) is 4.98 Å². The first-order valence-corrected chi connectivity index (χ1v) is 7.21. The average molecular weight is 308 g/mol. The lowest BCUT2D eigenvalue weighted by atomic mass is 9.98. The van der Waals surface area contributed by atoms with Crippen LogP contribution in [0.4, 0.5) is 13.2 Å². The number of rotatable bonds is 4. The molecule has 0 saturated carbocycles. The third-order valence-electron chi connectivity index (χ3n) is 3.31. The smallest absolute Gasteiger partial charge is 0.434 e. The largest absolute Gasteiger partial charge is 0.481 e. The van der Waals surface area contributed by atoms with E-state index in [4.69, 9.17) is 5.11 Å². The van der Waals surface area contributed by atoms with Crippen LogP contribution in [0.2, 0.25) is 0 Å². The van der Waals surface area contributed by atoms with Gasteiger partial charge in [-0.05, 0) is 19.4 Å². The van der Waals surface area contributed by atoms with E-state index >= 15 is 0 Å². The average Bonchev–Trinajstić information content (AvgIpc) is 2.86. The Morgan fingerprint density at radius 1 is 1.55 bits per heavy atom. The molecule has 2 rings (SSSR count). The Labute approximate surface area is 118 Å². The van der Waals surface area contributed by atoms with Crippen LogP contribution in [-0.4, -0.2) is 40.6 Å². The summed E-state index contributed by atoms with van der Waals surface area (Å²) in [5, 5.41) is 10.2. The highest BCUT2D eigenvalue weighted by molar-refractivity contribution is 7.09. The zero-order chi connectivity index (χ0) is 14.8. The van der Waals surface area contributed by atoms with Crippen molar-refractivity contribution in [1.29, 1.82) is 0 Å². The van der Waals surface area contributed by atoms with E-state index in [1.54, 1.807) is 0 Å². The van der Waals surface area contributed by atoms with E-state index in [0.29, 0.717) is 18.1 Å². The summed E-state index contributed by atoms with van der Waals surface area (Å²) in [7, 11) is 0. The molecule has 1 saturated heterocycles. The Balaban J connectivity index is 1.98. The van der Waals surface area contributed by atoms with Gasteiger partial charge in [-0.15, -0.1) is 11.3 Å². The first kappa shape index (κ1) is 15.2. The minimum atomic E-state index is -4.40. The highest BCUT2D eigenvalue weighted by Crippen LogP contribution is 2.34. The van der Waals surface area contributed by atoms with Gasteiger partial charge in [0.05, 0.1) is 11.4 Å². The van der Waals surface area contributed by atoms with Crippen molar-refractivity contribution in [2.75, 3.05) is 19.6 Å². The number of aromatic nitrogens is 1. The van der Waals surface area contributed by atoms with Crippen molar-refractivity contribution in [3.05, 3.63) is 16.1 Å². The molecule has 1 aliphatic heterocycles. The first-order valence-electron chi connectivity index (χ1n) is 6.33. The van der Waals surface area contributed by atoms with Gasteiger partial charge in [-0.1, -0.05) is 0 Å². The molecule has 0 aromatic carbocycles. The zero-order valence-corrected chi connectivity index (χ0v) is 11.5. The maximum absolute atomic E-state index is 12.5. The van der Waals surface area contributed by atoms with E-state index < -0.39 is 17.8 Å². The number of aliphatic carboxylic acids is 1. The van der Waals surface area contributed by atoms with Gasteiger partial charge in [0.25, 0.3) is 0 Å². The fourth-order valence-electron chi connectivity index (χ4n) is 2.32. The van der Waals surface area contributed by atoms with Crippen LogP contribution in [0.25, 0.3) is 0 Å². The molecular weight excluding hydrogens is 293 g/mol. The maximum atomic E-state index is 12.5. The molecule has 0 radical (unpaired) electrons. The van der Waals surface area contributed by atoms with Crippen molar-refractivity contribution in [3.8, 4) is 0 Å². The molecule has 2 heterocycles. The number of carbonyl (C=O) groups is 1. The van der Waals surface area contributed by atoms with E-state index in [1.807, 2.05) is 4.90 Å². The lowest BCUT2D eigenvalue weighted by molar-refractivity contribution is -0.141. The molecule has 8 heteroatoms. The van der Waals surface area contributed by atoms with E-state index in [-0.39, 0.29) is 12.3 Å². The van der Waals surface area contributed by atoms with Gasteiger partial charge in [-0.25, -0.2) is 4.98 Å². The van der Waals surface area contributed by atoms with Gasteiger partial charge in [0, 0.05) is 24.4 Å². The lowest BCUT2D eigenvalue weighted by Gasteiger charge is -2.31. The molecule has 1 fully saturated rings. The van der Waals surface area contributed by atoms with Crippen LogP contribution in [0.1, 0.15) is 35.9 Å². The summed E-state index contributed by atoms with van der Waals surface area (Å²) in [5.41, 5.74) is -0.833. The van der Waals surface area contributed by atoms with E-state index in [9.17, 15) is 18.0 Å². The number of carboxylic acid groups (broad SMARTS) is 1. The Hall–Kier alpha value is -1.15. The Kier molecular flexibility index (Phi) is 4.64. The van der Waals surface area contributed by atoms with Crippen LogP contribution in [0.3, 0.4) is 0 Å². The second-order valence-electron chi connectivity index (χ2n) is 4.85. The fraction of sp³-hybridized carbons (Fsp3) is 0.667. The van der Waals surface area contributed by atoms with Gasteiger partial charge < -0.3 is 10.0 Å². The number of piperidine rings is 1. The number of carboxylic acids is 1. The maximum Gasteiger partial charge on any atom is 0.434 e. The van der Waals surface area contributed by atoms with Crippen LogP contribution in [0.5, 0.6) is 0 Å². The second-order valence-corrected chi connectivity index (χ2v) is 5.74. The molecule has 0 aliphatic carbocycles. The van der Waals surface area contributed by atoms with Gasteiger partial charge in [-0.2, -0.15) is 13.2 Å². The van der Waals surface area contributed by atoms with Gasteiger partial charge in [0.1, 0.15) is 0 Å². The molecule has 0 unspecified atom stereocenters. The van der Waals surface area contributed by atoms with Crippen molar-refractivity contribution in [1.82, 2.24) is 9.88 Å². The Morgan fingerprint density at radius 3 is 2.90 bits per heavy atom. The molecule has 112 valence electrons. The van der Waals surface area contributed by atoms with E-state index in [0.717, 1.165) is 36.1 Å². The first-order chi connectivity index (χ1) is 9.36. The highest BCUT2D eigenvalue weighted by atomic mass is 32.1. The summed E-state index contributed by atoms with van der Waals surface area (Å²) in [6, 6.07) is 0. The van der Waals surface area contributed by atoms with Crippen LogP contribution in [0, 0.1) is 0 Å². The minimum Gasteiger partial charge on any atom is -0.481 e. The number of likely N-dealkylation sites (tertiary alicyclic amines) is 1.